The van der Waals surface area contributed by atoms with Gasteiger partial charge in [0.25, 0.3) is 0 Å². The molecular formula is C27H30N2O9S. The second kappa shape index (κ2) is 11.0. The van der Waals surface area contributed by atoms with E-state index in [1.54, 1.807) is 48.5 Å². The van der Waals surface area contributed by atoms with Gasteiger partial charge >= 0.3 is 18.0 Å². The molecule has 0 saturated carbocycles. The van der Waals surface area contributed by atoms with Crippen LogP contribution in [0.15, 0.2) is 60.7 Å². The highest BCUT2D eigenvalue weighted by Gasteiger charge is 2.72. The van der Waals surface area contributed by atoms with Crippen molar-refractivity contribution in [3.8, 4) is 0 Å². The van der Waals surface area contributed by atoms with E-state index in [1.165, 1.54) is 20.8 Å². The number of nitrogens with zero attached hydrogens (tertiary/aromatic N) is 1. The number of nitrogens with one attached hydrogen (secondary N) is 1. The largest absolute Gasteiger partial charge is 0.463 e. The zero-order valence-corrected chi connectivity index (χ0v) is 22.6. The molecule has 0 aliphatic carbocycles. The third kappa shape index (κ3) is 5.47. The lowest BCUT2D eigenvalue weighted by Crippen LogP contribution is -2.65. The molecule has 12 heteroatoms. The van der Waals surface area contributed by atoms with Crippen LogP contribution in [-0.2, 0) is 51.6 Å². The molecule has 2 heterocycles. The number of hydrogen-bond acceptors (Lipinski definition) is 9. The van der Waals surface area contributed by atoms with Crippen LogP contribution in [0.25, 0.3) is 0 Å². The average Bonchev–Trinajstić information content (AvgIpc) is 3.06. The van der Waals surface area contributed by atoms with Crippen LogP contribution >= 0.6 is 0 Å². The number of β-lactam (4-membered cyclic amide) rings is 1. The van der Waals surface area contributed by atoms with Crippen LogP contribution in [0, 0.1) is 5.92 Å². The lowest BCUT2D eigenvalue weighted by Gasteiger charge is -2.42. The molecule has 0 spiro atoms. The van der Waals surface area contributed by atoms with Crippen molar-refractivity contribution in [2.45, 2.75) is 56.2 Å². The number of carbonyl (C=O) groups excluding carboxylic acids is 4. The number of hydrogen-bond donors (Lipinski definition) is 1. The van der Waals surface area contributed by atoms with Crippen molar-refractivity contribution >= 4 is 33.8 Å². The Hall–Kier alpha value is -3.93. The predicted octanol–water partition coefficient (Wildman–Crippen LogP) is 1.95. The SMILES string of the molecule is C[C@H](NC(=O)OCc1ccccc1)C(=O)OC[C@H]1C(=O)N2[C@@H](C(=O)OCc3ccccc3)C(C)(C)S(=O)(=O)[C@H]12. The van der Waals surface area contributed by atoms with Gasteiger partial charge in [-0.3, -0.25) is 4.79 Å². The molecule has 2 saturated heterocycles. The molecule has 11 nitrogen and oxygen atoms in total. The van der Waals surface area contributed by atoms with Gasteiger partial charge in [0.2, 0.25) is 5.91 Å². The number of sulfone groups is 1. The summed E-state index contributed by atoms with van der Waals surface area (Å²) < 4.78 is 40.6. The first-order valence-electron chi connectivity index (χ1n) is 12.3. The van der Waals surface area contributed by atoms with Gasteiger partial charge in [-0.25, -0.2) is 22.8 Å². The Morgan fingerprint density at radius 1 is 0.923 bits per heavy atom. The van der Waals surface area contributed by atoms with Gasteiger partial charge < -0.3 is 24.4 Å². The van der Waals surface area contributed by atoms with E-state index in [4.69, 9.17) is 14.2 Å². The van der Waals surface area contributed by atoms with Crippen LogP contribution in [0.5, 0.6) is 0 Å². The lowest BCUT2D eigenvalue weighted by molar-refractivity contribution is -0.172. The molecule has 39 heavy (non-hydrogen) atoms. The Morgan fingerprint density at radius 3 is 2.03 bits per heavy atom. The maximum absolute atomic E-state index is 13.3. The number of fused-ring (bicyclic) bond motifs is 1. The van der Waals surface area contributed by atoms with Crippen molar-refractivity contribution in [3.63, 3.8) is 0 Å². The fourth-order valence-corrected chi connectivity index (χ4v) is 6.94. The van der Waals surface area contributed by atoms with Crippen molar-refractivity contribution in [3.05, 3.63) is 71.8 Å². The quantitative estimate of drug-likeness (QED) is 0.277. The molecule has 2 aliphatic heterocycles. The van der Waals surface area contributed by atoms with Crippen LogP contribution in [0.4, 0.5) is 4.79 Å². The first-order valence-corrected chi connectivity index (χ1v) is 13.9. The highest BCUT2D eigenvalue weighted by Crippen LogP contribution is 2.49. The molecule has 0 aromatic heterocycles. The fourth-order valence-electron chi connectivity index (χ4n) is 4.65. The molecule has 4 atom stereocenters. The minimum absolute atomic E-state index is 0.00509. The molecule has 2 aliphatic rings. The van der Waals surface area contributed by atoms with Crippen LogP contribution in [0.2, 0.25) is 0 Å². The summed E-state index contributed by atoms with van der Waals surface area (Å²) in [5, 5.41) is 1.00. The minimum Gasteiger partial charge on any atom is -0.463 e. The summed E-state index contributed by atoms with van der Waals surface area (Å²) in [5.41, 5.74) is 1.48. The maximum Gasteiger partial charge on any atom is 0.408 e. The van der Waals surface area contributed by atoms with Crippen molar-refractivity contribution in [1.29, 1.82) is 0 Å². The average molecular weight is 559 g/mol. The summed E-state index contributed by atoms with van der Waals surface area (Å²) in [6.07, 6.45) is -0.842. The first kappa shape index (κ1) is 28.1. The van der Waals surface area contributed by atoms with E-state index in [9.17, 15) is 27.6 Å². The van der Waals surface area contributed by atoms with Gasteiger partial charge in [0.1, 0.15) is 37.8 Å². The van der Waals surface area contributed by atoms with E-state index in [0.29, 0.717) is 5.56 Å². The van der Waals surface area contributed by atoms with Crippen molar-refractivity contribution in [2.75, 3.05) is 6.61 Å². The minimum atomic E-state index is -4.02. The third-order valence-corrected chi connectivity index (χ3v) is 9.81. The number of rotatable bonds is 9. The molecule has 0 radical (unpaired) electrons. The summed E-state index contributed by atoms with van der Waals surface area (Å²) in [5.74, 6) is -3.51. The molecule has 208 valence electrons. The number of alkyl carbamates (subject to hydrolysis) is 1. The van der Waals surface area contributed by atoms with Gasteiger partial charge in [-0.05, 0) is 31.9 Å². The van der Waals surface area contributed by atoms with Crippen LogP contribution in [-0.4, -0.2) is 66.1 Å². The Bertz CT molecular complexity index is 1350. The van der Waals surface area contributed by atoms with E-state index in [2.05, 4.69) is 5.32 Å². The van der Waals surface area contributed by atoms with Crippen molar-refractivity contribution in [1.82, 2.24) is 10.2 Å². The Morgan fingerprint density at radius 2 is 1.46 bits per heavy atom. The van der Waals surface area contributed by atoms with E-state index in [0.717, 1.165) is 10.5 Å². The van der Waals surface area contributed by atoms with Crippen LogP contribution in [0.1, 0.15) is 31.9 Å². The summed E-state index contributed by atoms with van der Waals surface area (Å²) in [6, 6.07) is 15.4. The normalized spacial score (nSPS) is 23.1. The first-order chi connectivity index (χ1) is 18.4. The summed E-state index contributed by atoms with van der Waals surface area (Å²) >= 11 is 0. The summed E-state index contributed by atoms with van der Waals surface area (Å²) in [4.78, 5) is 51.4. The molecule has 2 fully saturated rings. The molecule has 0 bridgehead atoms. The number of amides is 2. The lowest BCUT2D eigenvalue weighted by atomic mass is 9.92. The second-order valence-electron chi connectivity index (χ2n) is 9.94. The predicted molar refractivity (Wildman–Crippen MR) is 137 cm³/mol. The number of carbonyl (C=O) groups is 4. The molecule has 1 N–H and O–H groups in total. The number of benzene rings is 2. The second-order valence-corrected chi connectivity index (χ2v) is 12.6. The van der Waals surface area contributed by atoms with Gasteiger partial charge in [-0.15, -0.1) is 0 Å². The van der Waals surface area contributed by atoms with Crippen LogP contribution in [0.3, 0.4) is 0 Å². The van der Waals surface area contributed by atoms with E-state index in [1.807, 2.05) is 12.1 Å². The summed E-state index contributed by atoms with van der Waals surface area (Å²) in [7, 11) is -4.02. The molecular weight excluding hydrogens is 528 g/mol. The Labute approximate surface area is 226 Å². The van der Waals surface area contributed by atoms with Gasteiger partial charge in [0.05, 0.1) is 4.75 Å². The zero-order valence-electron chi connectivity index (χ0n) is 21.7. The Kier molecular flexibility index (Phi) is 7.96. The molecule has 0 unspecified atom stereocenters. The standard InChI is InChI=1S/C27H30N2O9S/c1-17(28-26(33)38-15-19-12-8-5-9-13-19)24(31)37-16-20-22(30)29-21(27(2,3)39(34,35)23(20)29)25(32)36-14-18-10-6-4-7-11-18/h4-13,17,20-21,23H,14-16H2,1-3H3,(H,28,33)/t17-,20-,21-,23+/m0/s1. The van der Waals surface area contributed by atoms with Crippen molar-refractivity contribution in [2.24, 2.45) is 5.92 Å². The molecule has 2 amide bonds. The van der Waals surface area contributed by atoms with Gasteiger partial charge in [0, 0.05) is 0 Å². The third-order valence-electron chi connectivity index (χ3n) is 6.93. The number of esters is 2. The van der Waals surface area contributed by atoms with E-state index < -0.39 is 68.5 Å². The highest BCUT2D eigenvalue weighted by atomic mass is 32.2. The number of ether oxygens (including phenoxy) is 3. The van der Waals surface area contributed by atoms with Crippen molar-refractivity contribution < 1.29 is 41.8 Å². The molecule has 4 rings (SSSR count). The topological polar surface area (TPSA) is 145 Å². The Balaban J connectivity index is 1.33. The van der Waals surface area contributed by atoms with Gasteiger partial charge in [0.15, 0.2) is 15.2 Å². The molecule has 2 aromatic rings. The monoisotopic (exact) mass is 558 g/mol. The van der Waals surface area contributed by atoms with Gasteiger partial charge in [-0.1, -0.05) is 60.7 Å². The van der Waals surface area contributed by atoms with Crippen LogP contribution < -0.4 is 5.32 Å². The van der Waals surface area contributed by atoms with E-state index in [-0.39, 0.29) is 13.2 Å². The zero-order chi connectivity index (χ0) is 28.4. The highest BCUT2D eigenvalue weighted by molar-refractivity contribution is 7.93. The maximum atomic E-state index is 13.3. The van der Waals surface area contributed by atoms with E-state index >= 15 is 0 Å². The smallest absolute Gasteiger partial charge is 0.408 e. The fraction of sp³-hybridized carbons (Fsp3) is 0.407. The molecule has 2 aromatic carbocycles. The summed E-state index contributed by atoms with van der Waals surface area (Å²) in [6.45, 7) is 3.53. The van der Waals surface area contributed by atoms with Gasteiger partial charge in [-0.2, -0.15) is 0 Å².